The van der Waals surface area contributed by atoms with Gasteiger partial charge >= 0.3 is 0 Å². The largest absolute Gasteiger partial charge is 0.495 e. The zero-order valence-electron chi connectivity index (χ0n) is 15.1. The number of benzene rings is 2. The summed E-state index contributed by atoms with van der Waals surface area (Å²) in [6.45, 7) is 4.05. The van der Waals surface area contributed by atoms with Crippen LogP contribution >= 0.6 is 24.0 Å². The quantitative estimate of drug-likeness (QED) is 0.519. The average Bonchev–Trinajstić information content (AvgIpc) is 2.62. The summed E-state index contributed by atoms with van der Waals surface area (Å²) in [6.07, 6.45) is 0. The Morgan fingerprint density at radius 3 is 2.65 bits per heavy atom. The van der Waals surface area contributed by atoms with E-state index in [0.717, 1.165) is 17.0 Å². The molecule has 0 radical (unpaired) electrons. The molecule has 2 rings (SSSR count). The Kier molecular flexibility index (Phi) is 7.74. The van der Waals surface area contributed by atoms with E-state index in [2.05, 4.69) is 35.2 Å². The molecule has 0 aliphatic rings. The number of rotatable bonds is 6. The van der Waals surface area contributed by atoms with Gasteiger partial charge in [-0.25, -0.2) is 0 Å². The van der Waals surface area contributed by atoms with Gasteiger partial charge in [-0.3, -0.25) is 15.6 Å². The molecule has 3 N–H and O–H groups in total. The maximum Gasteiger partial charge on any atom is 0.248 e. The van der Waals surface area contributed by atoms with Crippen LogP contribution in [0.5, 0.6) is 5.75 Å². The van der Waals surface area contributed by atoms with Crippen LogP contribution < -0.4 is 20.9 Å². The number of amides is 1. The van der Waals surface area contributed by atoms with Crippen molar-refractivity contribution in [2.75, 3.05) is 18.2 Å². The van der Waals surface area contributed by atoms with Gasteiger partial charge in [0.1, 0.15) is 5.75 Å². The second kappa shape index (κ2) is 10.0. The first kappa shape index (κ1) is 20.1. The average molecular weight is 390 g/mol. The zero-order chi connectivity index (χ0) is 18.9. The summed E-state index contributed by atoms with van der Waals surface area (Å²) in [7, 11) is 1.60. The molecule has 138 valence electrons. The van der Waals surface area contributed by atoms with Gasteiger partial charge in [-0.15, -0.1) is 11.8 Å². The van der Waals surface area contributed by atoms with E-state index in [1.807, 2.05) is 37.3 Å². The first-order valence-electron chi connectivity index (χ1n) is 8.12. The fourth-order valence-electron chi connectivity index (χ4n) is 2.26. The Morgan fingerprint density at radius 2 is 1.92 bits per heavy atom. The third-order valence-electron chi connectivity index (χ3n) is 3.67. The standard InChI is InChI=1S/C19H23N3O2S2/c1-13-8-9-17(24-3)16(10-13)20-19(25)22-21-18(23)12-26-11-15-7-5-4-6-14(15)2/h4-10H,11-12H2,1-3H3,(H,21,23)(H2,20,22,25). The van der Waals surface area contributed by atoms with Gasteiger partial charge in [0.25, 0.3) is 0 Å². The summed E-state index contributed by atoms with van der Waals surface area (Å²) in [4.78, 5) is 11.9. The van der Waals surface area contributed by atoms with E-state index in [0.29, 0.717) is 16.6 Å². The number of thiocarbonyl (C=S) groups is 1. The SMILES string of the molecule is COc1ccc(C)cc1NC(=S)NNC(=O)CSCc1ccccc1C. The van der Waals surface area contributed by atoms with Crippen LogP contribution in [0.15, 0.2) is 42.5 Å². The molecule has 0 saturated carbocycles. The number of ether oxygens (including phenoxy) is 1. The van der Waals surface area contributed by atoms with Crippen LogP contribution in [-0.4, -0.2) is 23.9 Å². The van der Waals surface area contributed by atoms with Crippen LogP contribution in [0.25, 0.3) is 0 Å². The van der Waals surface area contributed by atoms with Gasteiger partial charge < -0.3 is 10.1 Å². The molecule has 26 heavy (non-hydrogen) atoms. The molecular weight excluding hydrogens is 366 g/mol. The lowest BCUT2D eigenvalue weighted by atomic mass is 10.1. The maximum atomic E-state index is 11.9. The van der Waals surface area contributed by atoms with Crippen molar-refractivity contribution >= 4 is 40.7 Å². The molecule has 0 unspecified atom stereocenters. The highest BCUT2D eigenvalue weighted by Crippen LogP contribution is 2.24. The monoisotopic (exact) mass is 389 g/mol. The number of methoxy groups -OCH3 is 1. The van der Waals surface area contributed by atoms with Gasteiger partial charge in [-0.2, -0.15) is 0 Å². The predicted molar refractivity (Wildman–Crippen MR) is 113 cm³/mol. The number of nitrogens with one attached hydrogen (secondary N) is 3. The highest BCUT2D eigenvalue weighted by atomic mass is 32.2. The maximum absolute atomic E-state index is 11.9. The first-order valence-corrected chi connectivity index (χ1v) is 9.68. The van der Waals surface area contributed by atoms with Crippen molar-refractivity contribution in [1.29, 1.82) is 0 Å². The first-order chi connectivity index (χ1) is 12.5. The van der Waals surface area contributed by atoms with E-state index in [1.54, 1.807) is 18.9 Å². The van der Waals surface area contributed by atoms with Crippen molar-refractivity contribution < 1.29 is 9.53 Å². The molecule has 1 amide bonds. The van der Waals surface area contributed by atoms with E-state index in [1.165, 1.54) is 11.1 Å². The molecule has 0 aliphatic heterocycles. The number of anilines is 1. The lowest BCUT2D eigenvalue weighted by Gasteiger charge is -2.14. The fraction of sp³-hybridized carbons (Fsp3) is 0.263. The molecule has 0 saturated heterocycles. The van der Waals surface area contributed by atoms with E-state index in [-0.39, 0.29) is 5.91 Å². The number of carbonyl (C=O) groups excluding carboxylic acids is 1. The van der Waals surface area contributed by atoms with Crippen molar-refractivity contribution in [3.8, 4) is 5.75 Å². The number of hydrazine groups is 1. The number of aryl methyl sites for hydroxylation is 2. The predicted octanol–water partition coefficient (Wildman–Crippen LogP) is 3.56. The van der Waals surface area contributed by atoms with Crippen molar-refractivity contribution in [1.82, 2.24) is 10.9 Å². The smallest absolute Gasteiger partial charge is 0.248 e. The molecule has 2 aromatic rings. The summed E-state index contributed by atoms with van der Waals surface area (Å²) >= 11 is 6.77. The summed E-state index contributed by atoms with van der Waals surface area (Å²) in [5.41, 5.74) is 9.61. The minimum absolute atomic E-state index is 0.135. The lowest BCUT2D eigenvalue weighted by Crippen LogP contribution is -2.44. The third kappa shape index (κ3) is 6.24. The van der Waals surface area contributed by atoms with E-state index in [4.69, 9.17) is 17.0 Å². The highest BCUT2D eigenvalue weighted by Gasteiger charge is 2.07. The summed E-state index contributed by atoms with van der Waals surface area (Å²) in [5.74, 6) is 1.69. The minimum atomic E-state index is -0.135. The van der Waals surface area contributed by atoms with Crippen molar-refractivity contribution in [3.05, 3.63) is 59.2 Å². The zero-order valence-corrected chi connectivity index (χ0v) is 16.7. The molecule has 0 heterocycles. The second-order valence-corrected chi connectivity index (χ2v) is 7.14. The Hall–Kier alpha value is -2.25. The van der Waals surface area contributed by atoms with Crippen LogP contribution in [0.2, 0.25) is 0 Å². The van der Waals surface area contributed by atoms with E-state index >= 15 is 0 Å². The normalized spacial score (nSPS) is 10.1. The van der Waals surface area contributed by atoms with Gasteiger partial charge in [-0.1, -0.05) is 30.3 Å². The van der Waals surface area contributed by atoms with Crippen molar-refractivity contribution in [3.63, 3.8) is 0 Å². The van der Waals surface area contributed by atoms with Gasteiger partial charge in [0, 0.05) is 5.75 Å². The topological polar surface area (TPSA) is 62.4 Å². The van der Waals surface area contributed by atoms with Crippen molar-refractivity contribution in [2.45, 2.75) is 19.6 Å². The number of hydrogen-bond acceptors (Lipinski definition) is 4. The Balaban J connectivity index is 1.74. The van der Waals surface area contributed by atoms with Gasteiger partial charge in [0.15, 0.2) is 5.11 Å². The molecule has 0 aliphatic carbocycles. The second-order valence-electron chi connectivity index (χ2n) is 5.75. The number of thioether (sulfide) groups is 1. The molecule has 0 atom stereocenters. The summed E-state index contributed by atoms with van der Waals surface area (Å²) in [5, 5.41) is 3.32. The molecule has 0 spiro atoms. The number of carbonyl (C=O) groups is 1. The molecule has 2 aromatic carbocycles. The molecule has 0 aromatic heterocycles. The molecule has 0 fully saturated rings. The van der Waals surface area contributed by atoms with Gasteiger partial charge in [0.05, 0.1) is 18.6 Å². The molecular formula is C19H23N3O2S2. The van der Waals surface area contributed by atoms with Gasteiger partial charge in [-0.05, 0) is 54.9 Å². The van der Waals surface area contributed by atoms with Crippen LogP contribution in [0.1, 0.15) is 16.7 Å². The summed E-state index contributed by atoms with van der Waals surface area (Å²) < 4.78 is 5.29. The van der Waals surface area contributed by atoms with Crippen molar-refractivity contribution in [2.24, 2.45) is 0 Å². The van der Waals surface area contributed by atoms with E-state index in [9.17, 15) is 4.79 Å². The highest BCUT2D eigenvalue weighted by molar-refractivity contribution is 7.99. The molecule has 5 nitrogen and oxygen atoms in total. The third-order valence-corrected chi connectivity index (χ3v) is 4.86. The minimum Gasteiger partial charge on any atom is -0.495 e. The van der Waals surface area contributed by atoms with Crippen LogP contribution in [0, 0.1) is 13.8 Å². The van der Waals surface area contributed by atoms with E-state index < -0.39 is 0 Å². The molecule has 7 heteroatoms. The number of hydrogen-bond donors (Lipinski definition) is 3. The van der Waals surface area contributed by atoms with Crippen LogP contribution in [-0.2, 0) is 10.5 Å². The summed E-state index contributed by atoms with van der Waals surface area (Å²) in [6, 6.07) is 13.9. The lowest BCUT2D eigenvalue weighted by molar-refractivity contribution is -0.119. The Labute approximate surface area is 163 Å². The molecule has 0 bridgehead atoms. The fourth-order valence-corrected chi connectivity index (χ4v) is 3.33. The van der Waals surface area contributed by atoms with Crippen LogP contribution in [0.3, 0.4) is 0 Å². The van der Waals surface area contributed by atoms with Gasteiger partial charge in [0.2, 0.25) is 5.91 Å². The Morgan fingerprint density at radius 1 is 1.15 bits per heavy atom. The van der Waals surface area contributed by atoms with Crippen LogP contribution in [0.4, 0.5) is 5.69 Å². The Bertz CT molecular complexity index is 781.